The highest BCUT2D eigenvalue weighted by Gasteiger charge is 2.20. The molecule has 25 heavy (non-hydrogen) atoms. The molecule has 1 aromatic heterocycles. The highest BCUT2D eigenvalue weighted by Crippen LogP contribution is 2.20. The van der Waals surface area contributed by atoms with E-state index < -0.39 is 11.9 Å². The third kappa shape index (κ3) is 4.86. The minimum absolute atomic E-state index is 0.00479. The van der Waals surface area contributed by atoms with Crippen molar-refractivity contribution < 1.29 is 23.8 Å². The summed E-state index contributed by atoms with van der Waals surface area (Å²) < 4.78 is 11.1. The van der Waals surface area contributed by atoms with Crippen LogP contribution >= 0.6 is 0 Å². The number of carbonyl (C=O) groups is 2. The first kappa shape index (κ1) is 18.6. The minimum atomic E-state index is -1.10. The minimum Gasteiger partial charge on any atom is -0.493 e. The molecule has 0 saturated carbocycles. The van der Waals surface area contributed by atoms with Crippen molar-refractivity contribution in [2.24, 2.45) is 5.92 Å². The number of aromatic carboxylic acids is 1. The van der Waals surface area contributed by atoms with Crippen LogP contribution in [-0.4, -0.2) is 23.6 Å². The predicted octanol–water partition coefficient (Wildman–Crippen LogP) is 3.51. The van der Waals surface area contributed by atoms with Gasteiger partial charge in [-0.3, -0.25) is 4.79 Å². The average molecular weight is 345 g/mol. The summed E-state index contributed by atoms with van der Waals surface area (Å²) in [5.41, 5.74) is 0.866. The van der Waals surface area contributed by atoms with E-state index in [0.717, 1.165) is 11.3 Å². The molecule has 0 saturated heterocycles. The second-order valence-corrected chi connectivity index (χ2v) is 6.10. The van der Waals surface area contributed by atoms with Crippen molar-refractivity contribution in [3.63, 3.8) is 0 Å². The van der Waals surface area contributed by atoms with Crippen LogP contribution < -0.4 is 10.1 Å². The molecule has 0 aliphatic carbocycles. The maximum Gasteiger partial charge on any atom is 0.339 e. The van der Waals surface area contributed by atoms with Crippen LogP contribution in [0.2, 0.25) is 0 Å². The molecule has 0 radical (unpaired) electrons. The molecule has 0 atom stereocenters. The van der Waals surface area contributed by atoms with Crippen molar-refractivity contribution in [1.29, 1.82) is 0 Å². The number of ether oxygens (including phenoxy) is 1. The summed E-state index contributed by atoms with van der Waals surface area (Å²) in [6.07, 6.45) is 0.404. The lowest BCUT2D eigenvalue weighted by atomic mass is 10.2. The standard InChI is InChI=1S/C19H23NO5/c1-4-15-14(19(22)23)9-17(25-15)18(21)20-10-13-7-5-6-8-16(13)24-11-12(2)3/h5-9,12H,4,10-11H2,1-3H3,(H,20,21)(H,22,23). The Morgan fingerprint density at radius 3 is 2.60 bits per heavy atom. The second-order valence-electron chi connectivity index (χ2n) is 6.10. The molecular formula is C19H23NO5. The van der Waals surface area contributed by atoms with Crippen molar-refractivity contribution >= 4 is 11.9 Å². The number of hydrogen-bond acceptors (Lipinski definition) is 4. The van der Waals surface area contributed by atoms with Crippen molar-refractivity contribution in [3.8, 4) is 5.75 Å². The predicted molar refractivity (Wildman–Crippen MR) is 93.0 cm³/mol. The SMILES string of the molecule is CCc1oc(C(=O)NCc2ccccc2OCC(C)C)cc1C(=O)O. The zero-order valence-electron chi connectivity index (χ0n) is 14.7. The number of amides is 1. The summed E-state index contributed by atoms with van der Waals surface area (Å²) in [5, 5.41) is 11.9. The van der Waals surface area contributed by atoms with Gasteiger partial charge in [0.25, 0.3) is 5.91 Å². The van der Waals surface area contributed by atoms with Crippen molar-refractivity contribution in [2.45, 2.75) is 33.7 Å². The quantitative estimate of drug-likeness (QED) is 0.764. The van der Waals surface area contributed by atoms with Crippen LogP contribution in [0.4, 0.5) is 0 Å². The Balaban J connectivity index is 2.06. The van der Waals surface area contributed by atoms with Gasteiger partial charge in [-0.1, -0.05) is 39.0 Å². The summed E-state index contributed by atoms with van der Waals surface area (Å²) >= 11 is 0. The molecule has 6 heteroatoms. The van der Waals surface area contributed by atoms with Gasteiger partial charge >= 0.3 is 5.97 Å². The molecule has 0 bridgehead atoms. The van der Waals surface area contributed by atoms with Gasteiger partial charge in [0.1, 0.15) is 17.1 Å². The Hall–Kier alpha value is -2.76. The molecule has 0 fully saturated rings. The van der Waals surface area contributed by atoms with E-state index in [1.165, 1.54) is 6.07 Å². The summed E-state index contributed by atoms with van der Waals surface area (Å²) in [4.78, 5) is 23.4. The van der Waals surface area contributed by atoms with E-state index in [4.69, 9.17) is 14.3 Å². The number of nitrogens with one attached hydrogen (secondary N) is 1. The summed E-state index contributed by atoms with van der Waals surface area (Å²) in [6, 6.07) is 8.74. The first-order valence-electron chi connectivity index (χ1n) is 8.27. The molecule has 2 aromatic rings. The Kier molecular flexibility index (Phi) is 6.22. The van der Waals surface area contributed by atoms with Gasteiger partial charge in [-0.2, -0.15) is 0 Å². The molecule has 2 rings (SSSR count). The topological polar surface area (TPSA) is 88.8 Å². The maximum atomic E-state index is 12.3. The Labute approximate surface area is 146 Å². The van der Waals surface area contributed by atoms with E-state index in [0.29, 0.717) is 24.7 Å². The van der Waals surface area contributed by atoms with E-state index in [2.05, 4.69) is 19.2 Å². The number of carbonyl (C=O) groups excluding carboxylic acids is 1. The third-order valence-corrected chi connectivity index (χ3v) is 3.57. The number of benzene rings is 1. The van der Waals surface area contributed by atoms with Gasteiger partial charge in [-0.15, -0.1) is 0 Å². The molecule has 1 aromatic carbocycles. The van der Waals surface area contributed by atoms with Crippen molar-refractivity contribution in [1.82, 2.24) is 5.32 Å². The molecule has 1 heterocycles. The molecule has 0 aliphatic heterocycles. The normalized spacial score (nSPS) is 10.7. The van der Waals surface area contributed by atoms with Gasteiger partial charge in [-0.25, -0.2) is 4.79 Å². The molecule has 0 aliphatic rings. The average Bonchev–Trinajstić information content (AvgIpc) is 3.03. The lowest BCUT2D eigenvalue weighted by molar-refractivity contribution is 0.0694. The van der Waals surface area contributed by atoms with Crippen molar-refractivity contribution in [2.75, 3.05) is 6.61 Å². The first-order chi connectivity index (χ1) is 11.9. The Bertz CT molecular complexity index is 748. The van der Waals surface area contributed by atoms with Crippen LogP contribution in [0, 0.1) is 5.92 Å². The maximum absolute atomic E-state index is 12.3. The lowest BCUT2D eigenvalue weighted by Crippen LogP contribution is -2.22. The van der Waals surface area contributed by atoms with Crippen LogP contribution in [0.5, 0.6) is 5.75 Å². The highest BCUT2D eigenvalue weighted by molar-refractivity contribution is 5.96. The number of para-hydroxylation sites is 1. The van der Waals surface area contributed by atoms with Gasteiger partial charge in [0, 0.05) is 24.6 Å². The summed E-state index contributed by atoms with van der Waals surface area (Å²) in [5.74, 6) is -0.162. The van der Waals surface area contributed by atoms with E-state index in [9.17, 15) is 9.59 Å². The zero-order chi connectivity index (χ0) is 18.4. The molecular weight excluding hydrogens is 322 g/mol. The van der Waals surface area contributed by atoms with Gasteiger partial charge in [0.05, 0.1) is 6.61 Å². The Morgan fingerprint density at radius 2 is 2.00 bits per heavy atom. The number of furan rings is 1. The van der Waals surface area contributed by atoms with Crippen LogP contribution in [0.3, 0.4) is 0 Å². The smallest absolute Gasteiger partial charge is 0.339 e. The van der Waals surface area contributed by atoms with Crippen LogP contribution in [0.1, 0.15) is 53.0 Å². The molecule has 2 N–H and O–H groups in total. The third-order valence-electron chi connectivity index (χ3n) is 3.57. The van der Waals surface area contributed by atoms with E-state index in [1.54, 1.807) is 6.92 Å². The monoisotopic (exact) mass is 345 g/mol. The van der Waals surface area contributed by atoms with Gasteiger partial charge in [-0.05, 0) is 12.0 Å². The molecule has 6 nitrogen and oxygen atoms in total. The van der Waals surface area contributed by atoms with Gasteiger partial charge in [0.15, 0.2) is 5.76 Å². The second kappa shape index (κ2) is 8.37. The van der Waals surface area contributed by atoms with Crippen LogP contribution in [-0.2, 0) is 13.0 Å². The van der Waals surface area contributed by atoms with E-state index in [1.807, 2.05) is 24.3 Å². The molecule has 0 spiro atoms. The van der Waals surface area contributed by atoms with Gasteiger partial charge < -0.3 is 19.6 Å². The zero-order valence-corrected chi connectivity index (χ0v) is 14.7. The first-order valence-corrected chi connectivity index (χ1v) is 8.27. The fourth-order valence-electron chi connectivity index (χ4n) is 2.29. The summed E-state index contributed by atoms with van der Waals surface area (Å²) in [6.45, 7) is 6.75. The van der Waals surface area contributed by atoms with Crippen molar-refractivity contribution in [3.05, 3.63) is 53.0 Å². The van der Waals surface area contributed by atoms with Crippen LogP contribution in [0.25, 0.3) is 0 Å². The number of rotatable bonds is 8. The molecule has 1 amide bonds. The number of carboxylic acids is 1. The number of aryl methyl sites for hydroxylation is 1. The number of carboxylic acid groups (broad SMARTS) is 1. The lowest BCUT2D eigenvalue weighted by Gasteiger charge is -2.13. The Morgan fingerprint density at radius 1 is 1.28 bits per heavy atom. The number of hydrogen-bond donors (Lipinski definition) is 2. The molecule has 134 valence electrons. The highest BCUT2D eigenvalue weighted by atomic mass is 16.5. The fourth-order valence-corrected chi connectivity index (χ4v) is 2.29. The molecule has 0 unspecified atom stereocenters. The van der Waals surface area contributed by atoms with Crippen LogP contribution in [0.15, 0.2) is 34.7 Å². The van der Waals surface area contributed by atoms with E-state index >= 15 is 0 Å². The largest absolute Gasteiger partial charge is 0.493 e. The fraction of sp³-hybridized carbons (Fsp3) is 0.368. The van der Waals surface area contributed by atoms with Gasteiger partial charge in [0.2, 0.25) is 0 Å². The van der Waals surface area contributed by atoms with E-state index in [-0.39, 0.29) is 17.9 Å². The summed E-state index contributed by atoms with van der Waals surface area (Å²) in [7, 11) is 0.